The van der Waals surface area contributed by atoms with Crippen LogP contribution in [0.25, 0.3) is 6.08 Å². The van der Waals surface area contributed by atoms with E-state index in [1.165, 1.54) is 36.4 Å². The molecule has 0 bridgehead atoms. The average Bonchev–Trinajstić information content (AvgIpc) is 3.01. The molecule has 0 heterocycles. The summed E-state index contributed by atoms with van der Waals surface area (Å²) < 4.78 is 68.2. The van der Waals surface area contributed by atoms with Crippen LogP contribution in [0, 0.1) is 0 Å². The number of aliphatic hydroxyl groups is 1. The highest BCUT2D eigenvalue weighted by Crippen LogP contribution is 2.35. The Kier molecular flexibility index (Phi) is 8.43. The van der Waals surface area contributed by atoms with Gasteiger partial charge in [0, 0.05) is 16.8 Å². The molecule has 0 saturated carbocycles. The normalized spacial score (nSPS) is 14.4. The molecule has 0 fully saturated rings. The highest BCUT2D eigenvalue weighted by Gasteiger charge is 2.36. The number of hydrogen-bond acceptors (Lipinski definition) is 9. The molecule has 1 aliphatic carbocycles. The van der Waals surface area contributed by atoms with Gasteiger partial charge in [-0.1, -0.05) is 36.4 Å². The van der Waals surface area contributed by atoms with Crippen LogP contribution >= 0.6 is 0 Å². The minimum atomic E-state index is -5.10. The predicted molar refractivity (Wildman–Crippen MR) is 167 cm³/mol. The van der Waals surface area contributed by atoms with E-state index in [1.807, 2.05) is 0 Å². The lowest BCUT2D eigenvalue weighted by Gasteiger charge is -2.19. The fourth-order valence-electron chi connectivity index (χ4n) is 4.27. The minimum Gasteiger partial charge on any atom is -0.493 e. The van der Waals surface area contributed by atoms with E-state index in [-0.39, 0.29) is 28.3 Å². The van der Waals surface area contributed by atoms with Gasteiger partial charge in [-0.15, -0.1) is 0 Å². The Bertz CT molecular complexity index is 2130. The van der Waals surface area contributed by atoms with Crippen molar-refractivity contribution >= 4 is 66.7 Å². The van der Waals surface area contributed by atoms with E-state index in [4.69, 9.17) is 0 Å². The Morgan fingerprint density at radius 3 is 1.89 bits per heavy atom. The van der Waals surface area contributed by atoms with Gasteiger partial charge in [0.25, 0.3) is 26.1 Å². The van der Waals surface area contributed by atoms with E-state index < -0.39 is 53.1 Å². The number of allylic oxidation sites excluding steroid dienone is 1. The van der Waals surface area contributed by atoms with Crippen molar-refractivity contribution in [1.82, 2.24) is 0 Å². The molecule has 4 aromatic rings. The van der Waals surface area contributed by atoms with Gasteiger partial charge in [-0.05, 0) is 72.3 Å². The van der Waals surface area contributed by atoms with Gasteiger partial charge in [0.15, 0.2) is 5.71 Å². The number of carbonyl (C=O) groups excluding carboxylic acids is 2. The zero-order valence-corrected chi connectivity index (χ0v) is 24.5. The third kappa shape index (κ3) is 7.02. The summed E-state index contributed by atoms with van der Waals surface area (Å²) >= 11 is 0. The number of aliphatic hydroxyl groups excluding tert-OH is 1. The number of hydrogen-bond donors (Lipinski definition) is 5. The maximum atomic E-state index is 13.7. The predicted octanol–water partition coefficient (Wildman–Crippen LogP) is 4.72. The number of nitrogens with zero attached hydrogens (tertiary/aromatic N) is 2. The number of anilines is 2. The number of amides is 1. The number of nitrogens with one attached hydrogen (secondary N) is 2. The van der Waals surface area contributed by atoms with E-state index in [0.717, 1.165) is 18.2 Å². The van der Waals surface area contributed by atoms with E-state index in [9.17, 15) is 40.6 Å². The molecule has 45 heavy (non-hydrogen) atoms. The number of benzene rings is 4. The number of ketones is 1. The molecule has 0 radical (unpaired) electrons. The maximum absolute atomic E-state index is 13.7. The van der Waals surface area contributed by atoms with Gasteiger partial charge in [0.2, 0.25) is 11.7 Å². The van der Waals surface area contributed by atoms with Crippen molar-refractivity contribution < 1.29 is 40.6 Å². The first-order valence-electron chi connectivity index (χ1n) is 12.8. The highest BCUT2D eigenvalue weighted by molar-refractivity contribution is 7.91. The van der Waals surface area contributed by atoms with Crippen LogP contribution in [0.15, 0.2) is 117 Å². The van der Waals surface area contributed by atoms with Crippen molar-refractivity contribution in [1.29, 1.82) is 0 Å². The summed E-state index contributed by atoms with van der Waals surface area (Å²) in [5, 5.41) is 17.2. The third-order valence-electron chi connectivity index (χ3n) is 6.39. The smallest absolute Gasteiger partial charge is 0.296 e. The Morgan fingerprint density at radius 2 is 1.31 bits per heavy atom. The first-order valence-corrected chi connectivity index (χ1v) is 15.7. The molecule has 5 rings (SSSR count). The maximum Gasteiger partial charge on any atom is 0.296 e. The topological polar surface area (TPSA) is 212 Å². The molecule has 1 aliphatic rings. The second-order valence-electron chi connectivity index (χ2n) is 9.47. The SMILES string of the molecule is O=C(Nc1ccc(N/N=C2/C(=O)c3c(cc(S(=O)(=O)O)cc3N=C(O)c3ccccc3)C=C2S(=O)(=O)O)cc1)c1ccccc1. The highest BCUT2D eigenvalue weighted by atomic mass is 32.2. The van der Waals surface area contributed by atoms with Crippen LogP contribution in [0.5, 0.6) is 0 Å². The molecule has 1 amide bonds. The van der Waals surface area contributed by atoms with Gasteiger partial charge < -0.3 is 10.4 Å². The Balaban J connectivity index is 1.53. The summed E-state index contributed by atoms with van der Waals surface area (Å²) in [7, 11) is -9.99. The van der Waals surface area contributed by atoms with Gasteiger partial charge in [0.1, 0.15) is 4.91 Å². The van der Waals surface area contributed by atoms with Crippen molar-refractivity contribution in [3.8, 4) is 0 Å². The Labute approximate surface area is 256 Å². The Hall–Kier alpha value is -5.48. The molecule has 0 aliphatic heterocycles. The van der Waals surface area contributed by atoms with Crippen LogP contribution in [-0.2, 0) is 20.2 Å². The molecule has 0 atom stereocenters. The van der Waals surface area contributed by atoms with Crippen LogP contribution in [0.1, 0.15) is 31.8 Å². The zero-order valence-electron chi connectivity index (χ0n) is 22.8. The molecule has 15 heteroatoms. The molecule has 5 N–H and O–H groups in total. The summed E-state index contributed by atoms with van der Waals surface area (Å²) in [6.45, 7) is 0. The lowest BCUT2D eigenvalue weighted by Crippen LogP contribution is -2.27. The Morgan fingerprint density at radius 1 is 0.733 bits per heavy atom. The summed E-state index contributed by atoms with van der Waals surface area (Å²) in [4.78, 5) is 28.4. The summed E-state index contributed by atoms with van der Waals surface area (Å²) in [5.41, 5.74) is 1.97. The van der Waals surface area contributed by atoms with Crippen LogP contribution in [-0.4, -0.2) is 54.3 Å². The lowest BCUT2D eigenvalue weighted by molar-refractivity contribution is 0.102. The third-order valence-corrected chi connectivity index (χ3v) is 8.09. The van der Waals surface area contributed by atoms with E-state index in [0.29, 0.717) is 11.3 Å². The number of hydrazone groups is 1. The molecule has 4 aromatic carbocycles. The largest absolute Gasteiger partial charge is 0.493 e. The van der Waals surface area contributed by atoms with E-state index >= 15 is 0 Å². The summed E-state index contributed by atoms with van der Waals surface area (Å²) in [6.07, 6.45) is 0.794. The van der Waals surface area contributed by atoms with Crippen molar-refractivity contribution in [2.45, 2.75) is 4.90 Å². The first-order chi connectivity index (χ1) is 21.3. The van der Waals surface area contributed by atoms with Crippen molar-refractivity contribution in [3.05, 3.63) is 124 Å². The average molecular weight is 647 g/mol. The first kappa shape index (κ1) is 31.0. The monoisotopic (exact) mass is 646 g/mol. The van der Waals surface area contributed by atoms with Crippen LogP contribution in [0.2, 0.25) is 0 Å². The lowest BCUT2D eigenvalue weighted by atomic mass is 9.93. The molecule has 0 spiro atoms. The number of carbonyl (C=O) groups is 2. The van der Waals surface area contributed by atoms with Crippen molar-refractivity contribution in [2.75, 3.05) is 10.7 Å². The van der Waals surface area contributed by atoms with E-state index in [2.05, 4.69) is 20.8 Å². The molecule has 228 valence electrons. The molecular formula is C30H22N4O9S2. The van der Waals surface area contributed by atoms with Crippen molar-refractivity contribution in [2.24, 2.45) is 10.1 Å². The van der Waals surface area contributed by atoms with E-state index in [1.54, 1.807) is 48.5 Å². The second kappa shape index (κ2) is 12.3. The van der Waals surface area contributed by atoms with Crippen molar-refractivity contribution in [3.63, 3.8) is 0 Å². The van der Waals surface area contributed by atoms with Gasteiger partial charge in [0.05, 0.1) is 21.8 Å². The quantitative estimate of drug-likeness (QED) is 0.0769. The minimum absolute atomic E-state index is 0.208. The number of aliphatic imine (C=N–C) groups is 1. The number of fused-ring (bicyclic) bond motifs is 1. The molecular weight excluding hydrogens is 624 g/mol. The van der Waals surface area contributed by atoms with Gasteiger partial charge >= 0.3 is 0 Å². The van der Waals surface area contributed by atoms with Crippen LogP contribution in [0.4, 0.5) is 17.1 Å². The van der Waals surface area contributed by atoms with Gasteiger partial charge in [-0.25, -0.2) is 4.99 Å². The van der Waals surface area contributed by atoms with Gasteiger partial charge in [-0.3, -0.25) is 24.1 Å². The van der Waals surface area contributed by atoms with Crippen LogP contribution in [0.3, 0.4) is 0 Å². The molecule has 0 saturated heterocycles. The standard InChI is InChI=1S/C30H22N4O9S2/c35-28-26-20(15-23(44(38,39)40)17-24(26)32-30(37)19-9-5-2-6-10-19)16-25(45(41,42)43)27(28)34-33-22-13-11-21(12-14-22)31-29(36)18-7-3-1-4-8-18/h1-17,33H,(H,31,36)(H,32,37)(H,38,39,40)(H,41,42,43)/b34-27+. The van der Waals surface area contributed by atoms with Crippen LogP contribution < -0.4 is 10.7 Å². The van der Waals surface area contributed by atoms with Gasteiger partial charge in [-0.2, -0.15) is 21.9 Å². The summed E-state index contributed by atoms with van der Waals surface area (Å²) in [5.74, 6) is -2.06. The zero-order chi connectivity index (χ0) is 32.4. The molecule has 13 nitrogen and oxygen atoms in total. The number of Topliss-reactive ketones (excluding diaryl/α,β-unsaturated/α-hetero) is 1. The number of rotatable bonds is 8. The molecule has 0 aromatic heterocycles. The second-order valence-corrected chi connectivity index (χ2v) is 12.3. The fraction of sp³-hybridized carbons (Fsp3) is 0. The summed E-state index contributed by atoms with van der Waals surface area (Å²) in [6, 6.07) is 24.0. The fourth-order valence-corrected chi connectivity index (χ4v) is 5.46. The molecule has 0 unspecified atom stereocenters.